The molecule has 2 rings (SSSR count). The van der Waals surface area contributed by atoms with Crippen LogP contribution in [-0.4, -0.2) is 10.8 Å². The average Bonchev–Trinajstić information content (AvgIpc) is 2.47. The van der Waals surface area contributed by atoms with Crippen LogP contribution in [0.25, 0.3) is 0 Å². The van der Waals surface area contributed by atoms with Gasteiger partial charge in [-0.15, -0.1) is 0 Å². The van der Waals surface area contributed by atoms with E-state index in [-0.39, 0.29) is 24.2 Å². The number of amides is 1. The number of nitro benzene ring substituents is 1. The first-order chi connectivity index (χ1) is 10.1. The van der Waals surface area contributed by atoms with Gasteiger partial charge in [0, 0.05) is 17.7 Å². The maximum Gasteiger partial charge on any atom is 0.269 e. The summed E-state index contributed by atoms with van der Waals surface area (Å²) in [5, 5.41) is 14.4. The Balaban J connectivity index is 1.98. The number of halogens is 1. The van der Waals surface area contributed by atoms with Gasteiger partial charge in [-0.1, -0.05) is 30.3 Å². The molecule has 0 heterocycles. The van der Waals surface area contributed by atoms with E-state index in [4.69, 9.17) is 0 Å². The van der Waals surface area contributed by atoms with E-state index in [0.717, 1.165) is 23.8 Å². The Morgan fingerprint density at radius 3 is 2.57 bits per heavy atom. The van der Waals surface area contributed by atoms with E-state index in [9.17, 15) is 19.3 Å². The Bertz CT molecular complexity index is 659. The first-order valence-corrected chi connectivity index (χ1v) is 6.23. The van der Waals surface area contributed by atoms with Crippen molar-refractivity contribution in [1.82, 2.24) is 5.32 Å². The molecule has 0 saturated carbocycles. The molecular formula is C15H12FN2O3. The fraction of sp³-hybridized carbons (Fsp3) is 0.133. The highest BCUT2D eigenvalue weighted by molar-refractivity contribution is 5.78. The number of hydrogen-bond donors (Lipinski definition) is 0. The molecule has 2 aromatic carbocycles. The van der Waals surface area contributed by atoms with Crippen LogP contribution >= 0.6 is 0 Å². The van der Waals surface area contributed by atoms with Crippen LogP contribution in [0.1, 0.15) is 11.1 Å². The Kier molecular flexibility index (Phi) is 4.61. The van der Waals surface area contributed by atoms with Crippen molar-refractivity contribution in [2.45, 2.75) is 13.0 Å². The standard InChI is InChI=1S/C15H12FN2O3/c16-14-7-6-13(18(20)21)9-12(14)10-17-15(19)8-11-4-2-1-3-5-11/h1-7,9H,8,10H2. The summed E-state index contributed by atoms with van der Waals surface area (Å²) in [7, 11) is 0. The number of benzene rings is 2. The second kappa shape index (κ2) is 6.60. The molecule has 0 spiro atoms. The molecule has 21 heavy (non-hydrogen) atoms. The van der Waals surface area contributed by atoms with Gasteiger partial charge in [-0.3, -0.25) is 14.9 Å². The third-order valence-electron chi connectivity index (χ3n) is 2.86. The highest BCUT2D eigenvalue weighted by atomic mass is 19.1. The van der Waals surface area contributed by atoms with Gasteiger partial charge in [0.15, 0.2) is 0 Å². The van der Waals surface area contributed by atoms with Gasteiger partial charge in [0.25, 0.3) is 5.69 Å². The van der Waals surface area contributed by atoms with E-state index in [1.54, 1.807) is 12.1 Å². The Labute approximate surface area is 120 Å². The number of nitrogens with zero attached hydrogens (tertiary/aromatic N) is 2. The minimum Gasteiger partial charge on any atom is -0.273 e. The molecule has 0 unspecified atom stereocenters. The summed E-state index contributed by atoms with van der Waals surface area (Å²) in [6.45, 7) is -0.209. The largest absolute Gasteiger partial charge is 0.273 e. The molecule has 2 aromatic rings. The summed E-state index contributed by atoms with van der Waals surface area (Å²) < 4.78 is 13.5. The summed E-state index contributed by atoms with van der Waals surface area (Å²) in [4.78, 5) is 21.7. The molecule has 0 aliphatic heterocycles. The van der Waals surface area contributed by atoms with E-state index in [2.05, 4.69) is 5.32 Å². The smallest absolute Gasteiger partial charge is 0.269 e. The maximum absolute atomic E-state index is 13.5. The molecule has 0 fully saturated rings. The van der Waals surface area contributed by atoms with Gasteiger partial charge in [0.1, 0.15) is 5.82 Å². The maximum atomic E-state index is 13.5. The van der Waals surface area contributed by atoms with Gasteiger partial charge in [-0.05, 0) is 11.6 Å². The van der Waals surface area contributed by atoms with Gasteiger partial charge < -0.3 is 0 Å². The molecule has 0 aliphatic rings. The summed E-state index contributed by atoms with van der Waals surface area (Å²) in [5.41, 5.74) is 0.619. The van der Waals surface area contributed by atoms with E-state index in [0.29, 0.717) is 0 Å². The minimum atomic E-state index is -0.616. The van der Waals surface area contributed by atoms with Gasteiger partial charge >= 0.3 is 0 Å². The van der Waals surface area contributed by atoms with Crippen LogP contribution < -0.4 is 5.32 Å². The van der Waals surface area contributed by atoms with Gasteiger partial charge in [0.2, 0.25) is 5.91 Å². The van der Waals surface area contributed by atoms with Crippen LogP contribution in [0.2, 0.25) is 0 Å². The molecule has 6 heteroatoms. The lowest BCUT2D eigenvalue weighted by atomic mass is 10.1. The van der Waals surface area contributed by atoms with Crippen molar-refractivity contribution >= 4 is 11.6 Å². The fourth-order valence-corrected chi connectivity index (χ4v) is 1.80. The van der Waals surface area contributed by atoms with Crippen molar-refractivity contribution in [2.75, 3.05) is 0 Å². The summed E-state index contributed by atoms with van der Waals surface area (Å²) in [6.07, 6.45) is 0.122. The molecule has 0 aliphatic carbocycles. The molecule has 0 atom stereocenters. The van der Waals surface area contributed by atoms with E-state index in [1.807, 2.05) is 18.2 Å². The highest BCUT2D eigenvalue weighted by Gasteiger charge is 2.12. The van der Waals surface area contributed by atoms with Crippen LogP contribution in [0.15, 0.2) is 48.5 Å². The average molecular weight is 287 g/mol. The number of carbonyl (C=O) groups is 1. The van der Waals surface area contributed by atoms with Crippen LogP contribution in [-0.2, 0) is 17.8 Å². The third-order valence-corrected chi connectivity index (χ3v) is 2.86. The SMILES string of the molecule is O=C(Cc1ccccc1)[N]Cc1cc([N+](=O)[O-])ccc1F. The Hall–Kier alpha value is -2.76. The number of nitro groups is 1. The first kappa shape index (κ1) is 14.6. The quantitative estimate of drug-likeness (QED) is 0.626. The summed E-state index contributed by atoms with van der Waals surface area (Å²) in [6, 6.07) is 12.2. The molecule has 0 bridgehead atoms. The van der Waals surface area contributed by atoms with E-state index in [1.165, 1.54) is 0 Å². The molecule has 1 radical (unpaired) electrons. The zero-order chi connectivity index (χ0) is 15.2. The monoisotopic (exact) mass is 287 g/mol. The third kappa shape index (κ3) is 4.10. The Morgan fingerprint density at radius 2 is 1.90 bits per heavy atom. The molecule has 1 amide bonds. The van der Waals surface area contributed by atoms with Crippen LogP contribution in [0.3, 0.4) is 0 Å². The van der Waals surface area contributed by atoms with Crippen molar-refractivity contribution in [3.05, 3.63) is 75.6 Å². The van der Waals surface area contributed by atoms with Crippen molar-refractivity contribution in [3.63, 3.8) is 0 Å². The molecule has 0 N–H and O–H groups in total. The van der Waals surface area contributed by atoms with E-state index >= 15 is 0 Å². The van der Waals surface area contributed by atoms with E-state index < -0.39 is 16.6 Å². The second-order valence-corrected chi connectivity index (χ2v) is 4.41. The molecule has 0 aromatic heterocycles. The molecular weight excluding hydrogens is 275 g/mol. The van der Waals surface area contributed by atoms with Crippen LogP contribution in [0, 0.1) is 15.9 Å². The van der Waals surface area contributed by atoms with Crippen LogP contribution in [0.5, 0.6) is 0 Å². The molecule has 5 nitrogen and oxygen atoms in total. The topological polar surface area (TPSA) is 74.3 Å². The van der Waals surface area contributed by atoms with Crippen LogP contribution in [0.4, 0.5) is 10.1 Å². The fourth-order valence-electron chi connectivity index (χ4n) is 1.80. The normalized spacial score (nSPS) is 10.1. The molecule has 107 valence electrons. The second-order valence-electron chi connectivity index (χ2n) is 4.41. The Morgan fingerprint density at radius 1 is 1.19 bits per heavy atom. The van der Waals surface area contributed by atoms with Crippen molar-refractivity contribution in [2.24, 2.45) is 0 Å². The van der Waals surface area contributed by atoms with Gasteiger partial charge in [0.05, 0.1) is 17.9 Å². The minimum absolute atomic E-state index is 0.0330. The van der Waals surface area contributed by atoms with Crippen molar-refractivity contribution < 1.29 is 14.1 Å². The lowest BCUT2D eigenvalue weighted by Gasteiger charge is -2.04. The summed E-state index contributed by atoms with van der Waals surface area (Å²) in [5.74, 6) is -1.01. The van der Waals surface area contributed by atoms with Gasteiger partial charge in [-0.25, -0.2) is 9.71 Å². The number of non-ortho nitro benzene ring substituents is 1. The highest BCUT2D eigenvalue weighted by Crippen LogP contribution is 2.16. The number of rotatable bonds is 5. The number of hydrogen-bond acceptors (Lipinski definition) is 3. The zero-order valence-corrected chi connectivity index (χ0v) is 11.0. The molecule has 0 saturated heterocycles. The zero-order valence-electron chi connectivity index (χ0n) is 11.0. The first-order valence-electron chi connectivity index (χ1n) is 6.23. The van der Waals surface area contributed by atoms with Gasteiger partial charge in [-0.2, -0.15) is 0 Å². The summed E-state index contributed by atoms with van der Waals surface area (Å²) >= 11 is 0. The van der Waals surface area contributed by atoms with Crippen molar-refractivity contribution in [3.8, 4) is 0 Å². The lowest BCUT2D eigenvalue weighted by molar-refractivity contribution is -0.385. The lowest BCUT2D eigenvalue weighted by Crippen LogP contribution is -2.18. The predicted octanol–water partition coefficient (Wildman–Crippen LogP) is 2.61. The predicted molar refractivity (Wildman–Crippen MR) is 74.0 cm³/mol. The number of carbonyl (C=O) groups excluding carboxylic acids is 1. The van der Waals surface area contributed by atoms with Crippen molar-refractivity contribution in [1.29, 1.82) is 0 Å².